The quantitative estimate of drug-likeness (QED) is 0.667. The second-order valence-electron chi connectivity index (χ2n) is 8.40. The normalized spacial score (nSPS) is 23.1. The minimum absolute atomic E-state index is 0.102. The summed E-state index contributed by atoms with van der Waals surface area (Å²) in [5.41, 5.74) is 1.96. The lowest BCUT2D eigenvalue weighted by molar-refractivity contribution is 0.0618. The molecule has 0 spiro atoms. The van der Waals surface area contributed by atoms with Crippen molar-refractivity contribution >= 4 is 6.09 Å². The summed E-state index contributed by atoms with van der Waals surface area (Å²) in [6, 6.07) is 10.3. The molecular weight excluding hydrogens is 406 g/mol. The third-order valence-electron chi connectivity index (χ3n) is 6.36. The van der Waals surface area contributed by atoms with Crippen LogP contribution in [0.2, 0.25) is 0 Å². The van der Waals surface area contributed by atoms with Crippen molar-refractivity contribution in [1.82, 2.24) is 15.5 Å². The molecule has 1 saturated carbocycles. The Morgan fingerprint density at radius 2 is 2.03 bits per heavy atom. The van der Waals surface area contributed by atoms with Gasteiger partial charge in [-0.25, -0.2) is 4.79 Å². The molecule has 7 nitrogen and oxygen atoms in total. The van der Waals surface area contributed by atoms with Crippen LogP contribution < -0.4 is 5.32 Å². The number of carbonyl (C=O) groups excluding carboxylic acids is 1. The van der Waals surface area contributed by atoms with Crippen LogP contribution in [0, 0.1) is 0 Å². The van der Waals surface area contributed by atoms with Gasteiger partial charge in [0.15, 0.2) is 5.82 Å². The fourth-order valence-corrected chi connectivity index (χ4v) is 4.66. The molecule has 0 radical (unpaired) electrons. The first-order valence-corrected chi connectivity index (χ1v) is 11.4. The van der Waals surface area contributed by atoms with Crippen LogP contribution in [0.1, 0.15) is 62.7 Å². The lowest BCUT2D eigenvalue weighted by atomic mass is 9.68. The monoisotopic (exact) mass is 437 g/mol. The molecule has 32 heavy (non-hydrogen) atoms. The zero-order chi connectivity index (χ0) is 22.4. The summed E-state index contributed by atoms with van der Waals surface area (Å²) in [4.78, 5) is 16.7. The van der Waals surface area contributed by atoms with E-state index in [9.17, 15) is 4.79 Å². The fraction of sp³-hybridized carbons (Fsp3) is 0.480. The van der Waals surface area contributed by atoms with Gasteiger partial charge in [-0.15, -0.1) is 0 Å². The minimum atomic E-state index is -0.351. The molecule has 1 fully saturated rings. The number of aromatic nitrogens is 2. The van der Waals surface area contributed by atoms with Crippen LogP contribution in [0.25, 0.3) is 0 Å². The average Bonchev–Trinajstić information content (AvgIpc) is 3.29. The van der Waals surface area contributed by atoms with E-state index in [1.54, 1.807) is 7.11 Å². The van der Waals surface area contributed by atoms with Crippen molar-refractivity contribution in [1.29, 1.82) is 0 Å². The van der Waals surface area contributed by atoms with Gasteiger partial charge in [0.2, 0.25) is 5.89 Å². The third-order valence-corrected chi connectivity index (χ3v) is 6.36. The van der Waals surface area contributed by atoms with E-state index in [4.69, 9.17) is 19.0 Å². The maximum absolute atomic E-state index is 11.9. The van der Waals surface area contributed by atoms with Crippen LogP contribution in [-0.4, -0.2) is 36.0 Å². The molecule has 2 aliphatic carbocycles. The lowest BCUT2D eigenvalue weighted by Gasteiger charge is -2.38. The number of amides is 1. The van der Waals surface area contributed by atoms with E-state index >= 15 is 0 Å². The second-order valence-corrected chi connectivity index (χ2v) is 8.40. The van der Waals surface area contributed by atoms with E-state index < -0.39 is 0 Å². The summed E-state index contributed by atoms with van der Waals surface area (Å²) < 4.78 is 16.7. The van der Waals surface area contributed by atoms with Gasteiger partial charge in [0.05, 0.1) is 24.7 Å². The molecule has 7 heteroatoms. The average molecular weight is 438 g/mol. The SMILES string of the molecule is CCNC(=O)OC1CCC(c2ccccc2)(c2noc(CC3=CCCC(OC)=C3)n2)CC1. The number of hydrogen-bond acceptors (Lipinski definition) is 6. The van der Waals surface area contributed by atoms with Gasteiger partial charge >= 0.3 is 6.09 Å². The first-order chi connectivity index (χ1) is 15.6. The Morgan fingerprint density at radius 1 is 1.25 bits per heavy atom. The number of carbonyl (C=O) groups is 1. The number of nitrogens with one attached hydrogen (secondary N) is 1. The van der Waals surface area contributed by atoms with Crippen molar-refractivity contribution in [3.63, 3.8) is 0 Å². The number of methoxy groups -OCH3 is 1. The van der Waals surface area contributed by atoms with E-state index in [1.807, 2.05) is 25.1 Å². The second kappa shape index (κ2) is 10.0. The van der Waals surface area contributed by atoms with Crippen LogP contribution in [0.4, 0.5) is 4.79 Å². The Morgan fingerprint density at radius 3 is 2.75 bits per heavy atom. The lowest BCUT2D eigenvalue weighted by Crippen LogP contribution is -2.38. The molecule has 1 heterocycles. The maximum Gasteiger partial charge on any atom is 0.407 e. The first-order valence-electron chi connectivity index (χ1n) is 11.4. The Kier molecular flexibility index (Phi) is 6.93. The van der Waals surface area contributed by atoms with Gasteiger partial charge in [-0.1, -0.05) is 41.6 Å². The minimum Gasteiger partial charge on any atom is -0.501 e. The number of allylic oxidation sites excluding steroid dienone is 4. The molecular formula is C25H31N3O4. The molecule has 1 aromatic heterocycles. The number of rotatable bonds is 7. The van der Waals surface area contributed by atoms with E-state index in [0.29, 0.717) is 24.7 Å². The van der Waals surface area contributed by atoms with Crippen LogP contribution in [0.5, 0.6) is 0 Å². The Bertz CT molecular complexity index is 972. The molecule has 170 valence electrons. The van der Waals surface area contributed by atoms with Gasteiger partial charge < -0.3 is 19.3 Å². The van der Waals surface area contributed by atoms with E-state index in [2.05, 4.69) is 34.8 Å². The molecule has 0 aliphatic heterocycles. The number of nitrogens with zero attached hydrogens (tertiary/aromatic N) is 2. The number of hydrogen-bond donors (Lipinski definition) is 1. The number of ether oxygens (including phenoxy) is 2. The molecule has 1 aromatic carbocycles. The Balaban J connectivity index is 1.53. The molecule has 0 atom stereocenters. The first kappa shape index (κ1) is 22.1. The third kappa shape index (κ3) is 4.87. The van der Waals surface area contributed by atoms with Crippen molar-refractivity contribution in [2.45, 2.75) is 63.4 Å². The van der Waals surface area contributed by atoms with Crippen molar-refractivity contribution in [2.75, 3.05) is 13.7 Å². The molecule has 2 aromatic rings. The Hall–Kier alpha value is -3.09. The molecule has 2 aliphatic rings. The predicted molar refractivity (Wildman–Crippen MR) is 120 cm³/mol. The highest BCUT2D eigenvalue weighted by molar-refractivity contribution is 5.67. The van der Waals surface area contributed by atoms with Gasteiger partial charge in [-0.2, -0.15) is 4.98 Å². The predicted octanol–water partition coefficient (Wildman–Crippen LogP) is 4.84. The molecule has 1 amide bonds. The number of benzene rings is 1. The summed E-state index contributed by atoms with van der Waals surface area (Å²) >= 11 is 0. The highest BCUT2D eigenvalue weighted by Gasteiger charge is 2.43. The van der Waals surface area contributed by atoms with E-state index in [-0.39, 0.29) is 17.6 Å². The van der Waals surface area contributed by atoms with Gasteiger partial charge in [-0.05, 0) is 56.2 Å². The standard InChI is InChI=1S/C25H31N3O4/c1-3-26-24(29)31-20-12-14-25(15-13-20,19-9-5-4-6-10-19)23-27-22(32-28-23)17-18-8-7-11-21(16-18)30-2/h4-6,8-10,16,20H,3,7,11-15,17H2,1-2H3,(H,26,29). The van der Waals surface area contributed by atoms with Gasteiger partial charge in [0.1, 0.15) is 6.10 Å². The smallest absolute Gasteiger partial charge is 0.407 e. The van der Waals surface area contributed by atoms with Gasteiger partial charge in [0, 0.05) is 13.0 Å². The molecule has 0 bridgehead atoms. The largest absolute Gasteiger partial charge is 0.501 e. The van der Waals surface area contributed by atoms with Crippen molar-refractivity contribution < 1.29 is 18.8 Å². The topological polar surface area (TPSA) is 86.5 Å². The molecule has 0 unspecified atom stereocenters. The summed E-state index contributed by atoms with van der Waals surface area (Å²) in [6.07, 6.45) is 9.35. The number of alkyl carbamates (subject to hydrolysis) is 1. The van der Waals surface area contributed by atoms with Crippen LogP contribution in [-0.2, 0) is 21.3 Å². The van der Waals surface area contributed by atoms with Crippen molar-refractivity contribution in [2.24, 2.45) is 0 Å². The fourth-order valence-electron chi connectivity index (χ4n) is 4.66. The summed E-state index contributed by atoms with van der Waals surface area (Å²) in [5, 5.41) is 7.13. The zero-order valence-corrected chi connectivity index (χ0v) is 18.8. The highest BCUT2D eigenvalue weighted by atomic mass is 16.6. The molecule has 0 saturated heterocycles. The van der Waals surface area contributed by atoms with Gasteiger partial charge in [-0.3, -0.25) is 0 Å². The Labute approximate surface area is 188 Å². The maximum atomic E-state index is 11.9. The van der Waals surface area contributed by atoms with Crippen molar-refractivity contribution in [3.8, 4) is 0 Å². The van der Waals surface area contributed by atoms with Crippen LogP contribution in [0.15, 0.2) is 58.3 Å². The summed E-state index contributed by atoms with van der Waals surface area (Å²) in [6.45, 7) is 2.44. The van der Waals surface area contributed by atoms with Crippen LogP contribution >= 0.6 is 0 Å². The summed E-state index contributed by atoms with van der Waals surface area (Å²) in [7, 11) is 1.70. The van der Waals surface area contributed by atoms with Crippen molar-refractivity contribution in [3.05, 3.63) is 71.1 Å². The van der Waals surface area contributed by atoms with E-state index in [0.717, 1.165) is 49.9 Å². The molecule has 4 rings (SSSR count). The van der Waals surface area contributed by atoms with Crippen LogP contribution in [0.3, 0.4) is 0 Å². The summed E-state index contributed by atoms with van der Waals surface area (Å²) in [5.74, 6) is 2.30. The highest BCUT2D eigenvalue weighted by Crippen LogP contribution is 2.44. The molecule has 1 N–H and O–H groups in total. The zero-order valence-electron chi connectivity index (χ0n) is 18.8. The van der Waals surface area contributed by atoms with Gasteiger partial charge in [0.25, 0.3) is 0 Å². The van der Waals surface area contributed by atoms with E-state index in [1.165, 1.54) is 5.56 Å².